The zero-order chi connectivity index (χ0) is 14.1. The Hall–Kier alpha value is -2.08. The third kappa shape index (κ3) is 2.58. The number of hydrogen-bond acceptors (Lipinski definition) is 0. The van der Waals surface area contributed by atoms with Gasteiger partial charge in [-0.2, -0.15) is 0 Å². The number of hydrogen-bond donors (Lipinski definition) is 0. The molecule has 2 aromatic rings. The molecule has 0 amide bonds. The van der Waals surface area contributed by atoms with Gasteiger partial charge < -0.3 is 0 Å². The molecule has 2 aliphatic rings. The van der Waals surface area contributed by atoms with Gasteiger partial charge in [-0.15, -0.1) is 0 Å². The Morgan fingerprint density at radius 2 is 1.00 bits per heavy atom. The molecule has 0 radical (unpaired) electrons. The molecule has 0 spiro atoms. The topological polar surface area (TPSA) is 0 Å². The second-order valence-corrected chi connectivity index (χ2v) is 6.28. The molecule has 0 N–H and O–H groups in total. The van der Waals surface area contributed by atoms with Crippen LogP contribution < -0.4 is 0 Å². The molecular formula is C21H20. The number of allylic oxidation sites excluding steroid dienone is 4. The molecule has 0 aromatic heterocycles. The normalized spacial score (nSPS) is 24.2. The molecule has 0 fully saturated rings. The van der Waals surface area contributed by atoms with Crippen LogP contribution in [0, 0.1) is 11.8 Å². The minimum atomic E-state index is 0.708. The molecule has 2 aliphatic carbocycles. The molecule has 0 saturated heterocycles. The molecule has 4 rings (SSSR count). The lowest BCUT2D eigenvalue weighted by molar-refractivity contribution is 0.457. The molecule has 0 nitrogen and oxygen atoms in total. The van der Waals surface area contributed by atoms with Gasteiger partial charge in [-0.05, 0) is 53.4 Å². The summed E-state index contributed by atoms with van der Waals surface area (Å²) in [4.78, 5) is 0. The van der Waals surface area contributed by atoms with Gasteiger partial charge in [0.2, 0.25) is 0 Å². The molecule has 21 heavy (non-hydrogen) atoms. The maximum atomic E-state index is 2.53. The van der Waals surface area contributed by atoms with Crippen LogP contribution in [0.15, 0.2) is 72.8 Å². The van der Waals surface area contributed by atoms with Crippen LogP contribution >= 0.6 is 0 Å². The van der Waals surface area contributed by atoms with Gasteiger partial charge in [-0.25, -0.2) is 0 Å². The van der Waals surface area contributed by atoms with E-state index in [0.717, 1.165) is 0 Å². The molecular weight excluding hydrogens is 252 g/mol. The Morgan fingerprint density at radius 3 is 1.43 bits per heavy atom. The summed E-state index contributed by atoms with van der Waals surface area (Å²) in [7, 11) is 0. The van der Waals surface area contributed by atoms with Gasteiger partial charge in [0.15, 0.2) is 0 Å². The van der Waals surface area contributed by atoms with Crippen LogP contribution in [-0.2, 0) is 0 Å². The Morgan fingerprint density at radius 1 is 0.571 bits per heavy atom. The average Bonchev–Trinajstić information content (AvgIpc) is 2.55. The van der Waals surface area contributed by atoms with Crippen molar-refractivity contribution in [2.75, 3.05) is 0 Å². The fourth-order valence-corrected chi connectivity index (χ4v) is 3.81. The lowest BCUT2D eigenvalue weighted by Crippen LogP contribution is -2.18. The Labute approximate surface area is 126 Å². The van der Waals surface area contributed by atoms with Gasteiger partial charge in [0.25, 0.3) is 0 Å². The van der Waals surface area contributed by atoms with Crippen molar-refractivity contribution in [3.63, 3.8) is 0 Å². The summed E-state index contributed by atoms with van der Waals surface area (Å²) in [5.74, 6) is 1.42. The van der Waals surface area contributed by atoms with Crippen LogP contribution in [0.4, 0.5) is 0 Å². The maximum absolute atomic E-state index is 2.53. The van der Waals surface area contributed by atoms with Gasteiger partial charge in [-0.3, -0.25) is 0 Å². The van der Waals surface area contributed by atoms with E-state index in [0.29, 0.717) is 11.8 Å². The quantitative estimate of drug-likeness (QED) is 0.669. The molecule has 2 bridgehead atoms. The summed E-state index contributed by atoms with van der Waals surface area (Å²) in [5.41, 5.74) is 5.90. The predicted octanol–water partition coefficient (Wildman–Crippen LogP) is 5.58. The zero-order valence-electron chi connectivity index (χ0n) is 12.2. The Kier molecular flexibility index (Phi) is 3.23. The van der Waals surface area contributed by atoms with Crippen molar-refractivity contribution >= 4 is 11.1 Å². The SMILES string of the molecule is C1=C(c2ccccc2)C[C@H]2C=C(c3ccccc3)C[C@@H]1C2. The fraction of sp³-hybridized carbons (Fsp3) is 0.238. The van der Waals surface area contributed by atoms with E-state index >= 15 is 0 Å². The summed E-state index contributed by atoms with van der Waals surface area (Å²) in [5, 5.41) is 0. The van der Waals surface area contributed by atoms with Crippen LogP contribution in [0.5, 0.6) is 0 Å². The molecule has 104 valence electrons. The minimum absolute atomic E-state index is 0.708. The van der Waals surface area contributed by atoms with E-state index in [1.165, 1.54) is 30.4 Å². The van der Waals surface area contributed by atoms with Crippen molar-refractivity contribution in [1.29, 1.82) is 0 Å². The number of fused-ring (bicyclic) bond motifs is 2. The first-order chi connectivity index (χ1) is 10.4. The van der Waals surface area contributed by atoms with Crippen LogP contribution in [0.3, 0.4) is 0 Å². The molecule has 0 unspecified atom stereocenters. The third-order valence-corrected chi connectivity index (χ3v) is 4.73. The maximum Gasteiger partial charge on any atom is -0.0181 e. The highest BCUT2D eigenvalue weighted by molar-refractivity contribution is 5.72. The largest absolute Gasteiger partial charge is 0.0772 e. The monoisotopic (exact) mass is 272 g/mol. The van der Waals surface area contributed by atoms with E-state index < -0.39 is 0 Å². The van der Waals surface area contributed by atoms with E-state index in [1.54, 1.807) is 11.1 Å². The fourth-order valence-electron chi connectivity index (χ4n) is 3.81. The van der Waals surface area contributed by atoms with Crippen molar-refractivity contribution in [2.45, 2.75) is 19.3 Å². The molecule has 0 saturated carbocycles. The second kappa shape index (κ2) is 5.37. The van der Waals surface area contributed by atoms with Gasteiger partial charge in [0.1, 0.15) is 0 Å². The van der Waals surface area contributed by atoms with Crippen molar-refractivity contribution in [3.8, 4) is 0 Å². The third-order valence-electron chi connectivity index (χ3n) is 4.73. The van der Waals surface area contributed by atoms with Gasteiger partial charge in [-0.1, -0.05) is 72.8 Å². The van der Waals surface area contributed by atoms with E-state index in [2.05, 4.69) is 72.8 Å². The van der Waals surface area contributed by atoms with E-state index in [1.807, 2.05) is 0 Å². The van der Waals surface area contributed by atoms with Crippen molar-refractivity contribution in [3.05, 3.63) is 83.9 Å². The first kappa shape index (κ1) is 12.6. The first-order valence-electron chi connectivity index (χ1n) is 7.91. The lowest BCUT2D eigenvalue weighted by atomic mass is 9.72. The van der Waals surface area contributed by atoms with Crippen LogP contribution in [-0.4, -0.2) is 0 Å². The lowest BCUT2D eigenvalue weighted by Gasteiger charge is -2.33. The summed E-state index contributed by atoms with van der Waals surface area (Å²) in [6, 6.07) is 21.8. The van der Waals surface area contributed by atoms with Crippen molar-refractivity contribution < 1.29 is 0 Å². The summed E-state index contributed by atoms with van der Waals surface area (Å²) in [6.07, 6.45) is 8.77. The van der Waals surface area contributed by atoms with Gasteiger partial charge >= 0.3 is 0 Å². The number of benzene rings is 2. The molecule has 0 aliphatic heterocycles. The van der Waals surface area contributed by atoms with Gasteiger partial charge in [0, 0.05) is 0 Å². The molecule has 0 heteroatoms. The van der Waals surface area contributed by atoms with Gasteiger partial charge in [0.05, 0.1) is 0 Å². The van der Waals surface area contributed by atoms with Crippen LogP contribution in [0.25, 0.3) is 11.1 Å². The molecule has 2 aromatic carbocycles. The Bertz CT molecular complexity index is 615. The van der Waals surface area contributed by atoms with Crippen LogP contribution in [0.1, 0.15) is 30.4 Å². The highest BCUT2D eigenvalue weighted by Gasteiger charge is 2.27. The summed E-state index contributed by atoms with van der Waals surface area (Å²) in [6.45, 7) is 0. The average molecular weight is 272 g/mol. The van der Waals surface area contributed by atoms with Crippen molar-refractivity contribution in [2.24, 2.45) is 11.8 Å². The Balaban J connectivity index is 1.61. The van der Waals surface area contributed by atoms with E-state index in [-0.39, 0.29) is 0 Å². The highest BCUT2D eigenvalue weighted by Crippen LogP contribution is 2.43. The zero-order valence-corrected chi connectivity index (χ0v) is 12.2. The smallest absolute Gasteiger partial charge is 0.0181 e. The molecule has 0 heterocycles. The molecule has 2 atom stereocenters. The van der Waals surface area contributed by atoms with Crippen LogP contribution in [0.2, 0.25) is 0 Å². The van der Waals surface area contributed by atoms with E-state index in [9.17, 15) is 0 Å². The standard InChI is InChI=1S/C21H20/c1-3-7-18(8-4-1)20-12-16-11-17(13-20)15-21(14-16)19-9-5-2-6-10-19/h1-10,12,15-17H,11,13-14H2/t16-,17+/m1/s1. The first-order valence-corrected chi connectivity index (χ1v) is 7.91. The highest BCUT2D eigenvalue weighted by atomic mass is 14.3. The summed E-state index contributed by atoms with van der Waals surface area (Å²) >= 11 is 0. The minimum Gasteiger partial charge on any atom is -0.0772 e. The summed E-state index contributed by atoms with van der Waals surface area (Å²) < 4.78 is 0. The van der Waals surface area contributed by atoms with Crippen molar-refractivity contribution in [1.82, 2.24) is 0 Å². The predicted molar refractivity (Wildman–Crippen MR) is 89.7 cm³/mol. The van der Waals surface area contributed by atoms with E-state index in [4.69, 9.17) is 0 Å². The number of rotatable bonds is 2. The second-order valence-electron chi connectivity index (χ2n) is 6.28.